The minimum atomic E-state index is -0.426. The fraction of sp³-hybridized carbons (Fsp3) is 0.500. The van der Waals surface area contributed by atoms with Crippen molar-refractivity contribution in [1.82, 2.24) is 0 Å². The van der Waals surface area contributed by atoms with Crippen molar-refractivity contribution < 1.29 is 9.18 Å². The highest BCUT2D eigenvalue weighted by atomic mass is 79.9. The van der Waals surface area contributed by atoms with E-state index in [2.05, 4.69) is 26.6 Å². The van der Waals surface area contributed by atoms with Gasteiger partial charge in [-0.15, -0.1) is 0 Å². The molecule has 5 heteroatoms. The van der Waals surface area contributed by atoms with E-state index in [4.69, 9.17) is 0 Å². The molecular formula is C14H18BrFN2O. The van der Waals surface area contributed by atoms with Crippen molar-refractivity contribution in [3.8, 4) is 0 Å². The summed E-state index contributed by atoms with van der Waals surface area (Å²) in [5.74, 6) is -0.473. The molecule has 0 unspecified atom stereocenters. The van der Waals surface area contributed by atoms with Crippen molar-refractivity contribution in [3.63, 3.8) is 0 Å². The van der Waals surface area contributed by atoms with Crippen molar-refractivity contribution in [2.75, 3.05) is 10.6 Å². The van der Waals surface area contributed by atoms with Gasteiger partial charge in [0.2, 0.25) is 5.91 Å². The van der Waals surface area contributed by atoms with Crippen LogP contribution in [0.15, 0.2) is 16.6 Å². The van der Waals surface area contributed by atoms with Gasteiger partial charge < -0.3 is 10.6 Å². The average molecular weight is 329 g/mol. The number of hydrogen-bond donors (Lipinski definition) is 2. The van der Waals surface area contributed by atoms with Crippen molar-refractivity contribution in [2.24, 2.45) is 5.92 Å². The fourth-order valence-electron chi connectivity index (χ4n) is 2.02. The van der Waals surface area contributed by atoms with Crippen LogP contribution in [0.5, 0.6) is 0 Å². The maximum Gasteiger partial charge on any atom is 0.227 e. The Bertz CT molecular complexity index is 487. The molecule has 2 N–H and O–H groups in total. The third-order valence-electron chi connectivity index (χ3n) is 3.22. The van der Waals surface area contributed by atoms with Crippen molar-refractivity contribution in [3.05, 3.63) is 22.4 Å². The lowest BCUT2D eigenvalue weighted by atomic mass is 9.85. The first-order chi connectivity index (χ1) is 8.97. The van der Waals surface area contributed by atoms with Crippen LogP contribution in [-0.2, 0) is 4.79 Å². The molecule has 0 radical (unpaired) electrons. The minimum Gasteiger partial charge on any atom is -0.381 e. The molecule has 1 aromatic rings. The largest absolute Gasteiger partial charge is 0.381 e. The quantitative estimate of drug-likeness (QED) is 0.871. The van der Waals surface area contributed by atoms with E-state index in [1.165, 1.54) is 6.07 Å². The summed E-state index contributed by atoms with van der Waals surface area (Å²) in [4.78, 5) is 12.0. The maximum absolute atomic E-state index is 14.0. The van der Waals surface area contributed by atoms with Crippen LogP contribution >= 0.6 is 15.9 Å². The molecule has 0 bridgehead atoms. The van der Waals surface area contributed by atoms with E-state index in [0.29, 0.717) is 10.2 Å². The smallest absolute Gasteiger partial charge is 0.227 e. The van der Waals surface area contributed by atoms with Crippen molar-refractivity contribution in [1.29, 1.82) is 0 Å². The average Bonchev–Trinajstić information content (AvgIpc) is 2.19. The van der Waals surface area contributed by atoms with Gasteiger partial charge in [0.1, 0.15) is 11.5 Å². The molecule has 0 heterocycles. The Kier molecular flexibility index (Phi) is 4.45. The third kappa shape index (κ3) is 3.47. The Morgan fingerprint density at radius 2 is 2.11 bits per heavy atom. The molecule has 3 nitrogen and oxygen atoms in total. The molecule has 0 atom stereocenters. The van der Waals surface area contributed by atoms with E-state index in [9.17, 15) is 9.18 Å². The number of rotatable bonds is 4. The Labute approximate surface area is 121 Å². The molecule has 104 valence electrons. The summed E-state index contributed by atoms with van der Waals surface area (Å²) in [7, 11) is 0. The van der Waals surface area contributed by atoms with E-state index < -0.39 is 5.82 Å². The summed E-state index contributed by atoms with van der Waals surface area (Å²) in [5, 5.41) is 5.87. The molecule has 1 amide bonds. The molecule has 1 aliphatic rings. The van der Waals surface area contributed by atoms with E-state index in [-0.39, 0.29) is 23.6 Å². The molecule has 1 aromatic carbocycles. The zero-order valence-electron chi connectivity index (χ0n) is 11.1. The number of anilines is 2. The highest BCUT2D eigenvalue weighted by Crippen LogP contribution is 2.33. The first-order valence-corrected chi connectivity index (χ1v) is 7.33. The van der Waals surface area contributed by atoms with Gasteiger partial charge >= 0.3 is 0 Å². The summed E-state index contributed by atoms with van der Waals surface area (Å²) < 4.78 is 14.7. The minimum absolute atomic E-state index is 0.0370. The summed E-state index contributed by atoms with van der Waals surface area (Å²) in [6.07, 6.45) is 2.88. The topological polar surface area (TPSA) is 41.1 Å². The predicted octanol–water partition coefficient (Wildman–Crippen LogP) is 4.15. The lowest BCUT2D eigenvalue weighted by Gasteiger charge is -2.25. The lowest BCUT2D eigenvalue weighted by molar-refractivity contribution is -0.122. The number of nitrogens with one attached hydrogen (secondary N) is 2. The number of benzene rings is 1. The Morgan fingerprint density at radius 1 is 1.42 bits per heavy atom. The van der Waals surface area contributed by atoms with E-state index in [1.54, 1.807) is 6.07 Å². The van der Waals surface area contributed by atoms with Crippen LogP contribution in [-0.4, -0.2) is 11.9 Å². The Morgan fingerprint density at radius 3 is 2.63 bits per heavy atom. The first kappa shape index (κ1) is 14.3. The second-order valence-corrected chi connectivity index (χ2v) is 6.14. The Balaban J connectivity index is 2.23. The zero-order chi connectivity index (χ0) is 14.0. The van der Waals surface area contributed by atoms with Gasteiger partial charge in [-0.1, -0.05) is 22.4 Å². The number of amides is 1. The van der Waals surface area contributed by atoms with Crippen LogP contribution in [0.1, 0.15) is 33.1 Å². The molecular weight excluding hydrogens is 311 g/mol. The summed E-state index contributed by atoms with van der Waals surface area (Å²) in [6, 6.07) is 3.30. The van der Waals surface area contributed by atoms with Crippen LogP contribution < -0.4 is 10.6 Å². The lowest BCUT2D eigenvalue weighted by Crippen LogP contribution is -2.29. The Hall–Kier alpha value is -1.10. The van der Waals surface area contributed by atoms with Gasteiger partial charge in [-0.05, 0) is 38.8 Å². The van der Waals surface area contributed by atoms with Crippen LogP contribution in [0.3, 0.4) is 0 Å². The second-order valence-electron chi connectivity index (χ2n) is 5.23. The highest BCUT2D eigenvalue weighted by molar-refractivity contribution is 9.10. The maximum atomic E-state index is 14.0. The number of carbonyl (C=O) groups is 1. The van der Waals surface area contributed by atoms with Gasteiger partial charge in [0.05, 0.1) is 5.69 Å². The van der Waals surface area contributed by atoms with Gasteiger partial charge in [-0.2, -0.15) is 0 Å². The number of carbonyl (C=O) groups excluding carboxylic acids is 1. The summed E-state index contributed by atoms with van der Waals surface area (Å²) >= 11 is 3.26. The molecule has 2 rings (SSSR count). The monoisotopic (exact) mass is 328 g/mol. The van der Waals surface area contributed by atoms with E-state index in [0.717, 1.165) is 19.3 Å². The third-order valence-corrected chi connectivity index (χ3v) is 3.68. The van der Waals surface area contributed by atoms with Crippen LogP contribution in [0.2, 0.25) is 0 Å². The molecule has 0 aromatic heterocycles. The van der Waals surface area contributed by atoms with Gasteiger partial charge in [0, 0.05) is 16.4 Å². The predicted molar refractivity (Wildman–Crippen MR) is 78.8 cm³/mol. The van der Waals surface area contributed by atoms with Crippen molar-refractivity contribution >= 4 is 33.2 Å². The zero-order valence-corrected chi connectivity index (χ0v) is 12.7. The molecule has 0 spiro atoms. The molecule has 1 saturated carbocycles. The number of halogens is 2. The molecule has 0 saturated heterocycles. The SMILES string of the molecule is CC(C)Nc1cc(Br)cc(F)c1NC(=O)C1CCC1. The van der Waals surface area contributed by atoms with E-state index >= 15 is 0 Å². The fourth-order valence-corrected chi connectivity index (χ4v) is 2.45. The first-order valence-electron chi connectivity index (χ1n) is 6.54. The van der Waals surface area contributed by atoms with E-state index in [1.807, 2.05) is 13.8 Å². The summed E-state index contributed by atoms with van der Waals surface area (Å²) in [5.41, 5.74) is 0.850. The van der Waals surface area contributed by atoms with Gasteiger partial charge in [0.25, 0.3) is 0 Å². The van der Waals surface area contributed by atoms with Gasteiger partial charge in [-0.3, -0.25) is 4.79 Å². The second kappa shape index (κ2) is 5.90. The standard InChI is InChI=1S/C14H18BrFN2O/c1-8(2)17-12-7-10(15)6-11(16)13(12)18-14(19)9-4-3-5-9/h6-9,17H,3-5H2,1-2H3,(H,18,19). The van der Waals surface area contributed by atoms with Crippen LogP contribution in [0.4, 0.5) is 15.8 Å². The molecule has 1 fully saturated rings. The molecule has 19 heavy (non-hydrogen) atoms. The van der Waals surface area contributed by atoms with Gasteiger partial charge in [0.15, 0.2) is 0 Å². The number of hydrogen-bond acceptors (Lipinski definition) is 2. The van der Waals surface area contributed by atoms with Gasteiger partial charge in [-0.25, -0.2) is 4.39 Å². The van der Waals surface area contributed by atoms with Crippen LogP contribution in [0.25, 0.3) is 0 Å². The summed E-state index contributed by atoms with van der Waals surface area (Å²) in [6.45, 7) is 3.94. The molecule has 1 aliphatic carbocycles. The van der Waals surface area contributed by atoms with Crippen LogP contribution in [0, 0.1) is 11.7 Å². The normalized spacial score (nSPS) is 15.2. The van der Waals surface area contributed by atoms with Crippen molar-refractivity contribution in [2.45, 2.75) is 39.2 Å². The highest BCUT2D eigenvalue weighted by Gasteiger charge is 2.26. The molecule has 0 aliphatic heterocycles.